The molecule has 7 aromatic carbocycles. The molecule has 0 aliphatic heterocycles. The highest BCUT2D eigenvalue weighted by molar-refractivity contribution is 6.13. The molecule has 9 rings (SSSR count). The number of anilines is 3. The molecule has 3 nitrogen and oxygen atoms in total. The summed E-state index contributed by atoms with van der Waals surface area (Å²) in [4.78, 5) is 6.92. The van der Waals surface area contributed by atoms with Gasteiger partial charge in [-0.15, -0.1) is 0 Å². The van der Waals surface area contributed by atoms with Gasteiger partial charge in [0.2, 0.25) is 0 Å². The molecule has 0 saturated heterocycles. The van der Waals surface area contributed by atoms with E-state index in [1.165, 1.54) is 43.8 Å². The molecule has 0 fully saturated rings. The van der Waals surface area contributed by atoms with E-state index in [4.69, 9.17) is 4.42 Å². The Kier molecular flexibility index (Phi) is 6.14. The van der Waals surface area contributed by atoms with Gasteiger partial charge < -0.3 is 9.32 Å². The third-order valence-electron chi connectivity index (χ3n) is 8.92. The van der Waals surface area contributed by atoms with Crippen LogP contribution in [0.25, 0.3) is 65.7 Å². The van der Waals surface area contributed by atoms with Crippen molar-refractivity contribution in [2.75, 3.05) is 4.90 Å². The predicted molar refractivity (Wildman–Crippen MR) is 192 cm³/mol. The van der Waals surface area contributed by atoms with Gasteiger partial charge in [-0.1, -0.05) is 115 Å². The van der Waals surface area contributed by atoms with Gasteiger partial charge >= 0.3 is 0 Å². The smallest absolute Gasteiger partial charge is 0.155 e. The lowest BCUT2D eigenvalue weighted by atomic mass is 10.00. The number of hydrogen-bond acceptors (Lipinski definition) is 3. The molecular weight excluding hydrogens is 560 g/mol. The first-order valence-electron chi connectivity index (χ1n) is 15.5. The Labute approximate surface area is 266 Å². The van der Waals surface area contributed by atoms with Crippen LogP contribution in [0.4, 0.5) is 17.1 Å². The molecule has 0 unspecified atom stereocenters. The van der Waals surface area contributed by atoms with E-state index in [0.717, 1.165) is 39.0 Å². The lowest BCUT2D eigenvalue weighted by Crippen LogP contribution is -2.10. The van der Waals surface area contributed by atoms with Crippen LogP contribution in [0, 0.1) is 0 Å². The summed E-state index contributed by atoms with van der Waals surface area (Å²) < 4.78 is 6.25. The summed E-state index contributed by atoms with van der Waals surface area (Å²) in [6, 6.07) is 56.1. The molecular formula is C43H28N2O. The minimum absolute atomic E-state index is 0.768. The van der Waals surface area contributed by atoms with Gasteiger partial charge in [-0.3, -0.25) is 4.98 Å². The van der Waals surface area contributed by atoms with E-state index in [9.17, 15) is 0 Å². The first-order chi connectivity index (χ1) is 22.8. The average molecular weight is 589 g/mol. The van der Waals surface area contributed by atoms with Crippen LogP contribution in [0.15, 0.2) is 175 Å². The van der Waals surface area contributed by atoms with Crippen molar-refractivity contribution in [2.45, 2.75) is 0 Å². The van der Waals surface area contributed by atoms with E-state index in [1.807, 2.05) is 24.5 Å². The van der Waals surface area contributed by atoms with Gasteiger partial charge in [0.05, 0.1) is 23.5 Å². The molecule has 0 saturated carbocycles. The Bertz CT molecular complexity index is 2410. The number of aromatic nitrogens is 1. The van der Waals surface area contributed by atoms with Gasteiger partial charge in [-0.25, -0.2) is 0 Å². The number of nitrogens with zero attached hydrogens (tertiary/aromatic N) is 2. The summed E-state index contributed by atoms with van der Waals surface area (Å²) in [5.74, 6) is 0. The lowest BCUT2D eigenvalue weighted by Gasteiger charge is -2.26. The summed E-state index contributed by atoms with van der Waals surface area (Å²) in [6.45, 7) is 0. The maximum Gasteiger partial charge on any atom is 0.155 e. The Morgan fingerprint density at radius 3 is 1.50 bits per heavy atom. The normalized spacial score (nSPS) is 11.5. The summed E-state index contributed by atoms with van der Waals surface area (Å²) >= 11 is 0. The molecule has 2 heterocycles. The molecule has 0 atom stereocenters. The third kappa shape index (κ3) is 4.49. The maximum atomic E-state index is 6.25. The van der Waals surface area contributed by atoms with Crippen LogP contribution < -0.4 is 4.90 Å². The topological polar surface area (TPSA) is 29.3 Å². The van der Waals surface area contributed by atoms with E-state index in [-0.39, 0.29) is 0 Å². The fourth-order valence-electron chi connectivity index (χ4n) is 6.60. The molecule has 0 aliphatic rings. The van der Waals surface area contributed by atoms with Crippen molar-refractivity contribution >= 4 is 60.5 Å². The largest absolute Gasteiger partial charge is 0.454 e. The molecule has 0 aliphatic carbocycles. The van der Waals surface area contributed by atoms with Crippen molar-refractivity contribution in [3.05, 3.63) is 170 Å². The standard InChI is InChI=1S/C43H28N2O/c1-3-9-33-25-35(15-13-29(33)7-1)31-17-21-37(22-18-31)45(40-27-44-28-42-43(40)39-11-5-6-12-41(39)46-42)38-23-19-32(20-24-38)36-16-14-30-8-2-4-10-34(30)26-36/h1-28H. The second-order valence-electron chi connectivity index (χ2n) is 11.7. The summed E-state index contributed by atoms with van der Waals surface area (Å²) in [5.41, 5.74) is 9.42. The second-order valence-corrected chi connectivity index (χ2v) is 11.7. The van der Waals surface area contributed by atoms with Crippen LogP contribution in [0.5, 0.6) is 0 Å². The zero-order chi connectivity index (χ0) is 30.5. The first kappa shape index (κ1) is 26.2. The number of para-hydroxylation sites is 1. The van der Waals surface area contributed by atoms with E-state index >= 15 is 0 Å². The predicted octanol–water partition coefficient (Wildman–Crippen LogP) is 12.1. The van der Waals surface area contributed by atoms with Crippen molar-refractivity contribution in [1.82, 2.24) is 4.98 Å². The fraction of sp³-hybridized carbons (Fsp3) is 0. The van der Waals surface area contributed by atoms with Gasteiger partial charge in [0.15, 0.2) is 5.58 Å². The number of pyridine rings is 1. The molecule has 0 amide bonds. The molecule has 0 radical (unpaired) electrons. The molecule has 3 heteroatoms. The van der Waals surface area contributed by atoms with Crippen LogP contribution >= 0.6 is 0 Å². The molecule has 46 heavy (non-hydrogen) atoms. The quantitative estimate of drug-likeness (QED) is 0.200. The number of rotatable bonds is 5. The summed E-state index contributed by atoms with van der Waals surface area (Å²) in [7, 11) is 0. The Hall–Kier alpha value is -6.19. The molecule has 0 bridgehead atoms. The van der Waals surface area contributed by atoms with Crippen molar-refractivity contribution in [3.63, 3.8) is 0 Å². The van der Waals surface area contributed by atoms with Crippen LogP contribution in [0.3, 0.4) is 0 Å². The highest BCUT2D eigenvalue weighted by atomic mass is 16.3. The number of furan rings is 1. The van der Waals surface area contributed by atoms with Crippen LogP contribution in [0.2, 0.25) is 0 Å². The maximum absolute atomic E-state index is 6.25. The van der Waals surface area contributed by atoms with E-state index in [0.29, 0.717) is 0 Å². The van der Waals surface area contributed by atoms with Gasteiger partial charge in [-0.05, 0) is 86.3 Å². The highest BCUT2D eigenvalue weighted by Crippen LogP contribution is 2.43. The van der Waals surface area contributed by atoms with E-state index in [2.05, 4.69) is 155 Å². The third-order valence-corrected chi connectivity index (χ3v) is 8.92. The van der Waals surface area contributed by atoms with Gasteiger partial charge in [-0.2, -0.15) is 0 Å². The second kappa shape index (κ2) is 10.8. The monoisotopic (exact) mass is 588 g/mol. The van der Waals surface area contributed by atoms with Gasteiger partial charge in [0, 0.05) is 16.8 Å². The van der Waals surface area contributed by atoms with Crippen LogP contribution in [-0.4, -0.2) is 4.98 Å². The molecule has 216 valence electrons. The van der Waals surface area contributed by atoms with Gasteiger partial charge in [0.1, 0.15) is 5.58 Å². The molecule has 9 aromatic rings. The van der Waals surface area contributed by atoms with Crippen LogP contribution in [0.1, 0.15) is 0 Å². The van der Waals surface area contributed by atoms with Crippen molar-refractivity contribution in [2.24, 2.45) is 0 Å². The SMILES string of the molecule is c1ccc2cc(-c3ccc(N(c4ccc(-c5ccc6ccccc6c5)cc4)c4cncc5oc6ccccc6c45)cc3)ccc2c1. The number of hydrogen-bond donors (Lipinski definition) is 0. The van der Waals surface area contributed by atoms with Gasteiger partial charge in [0.25, 0.3) is 0 Å². The minimum Gasteiger partial charge on any atom is -0.454 e. The lowest BCUT2D eigenvalue weighted by molar-refractivity contribution is 0.667. The highest BCUT2D eigenvalue weighted by Gasteiger charge is 2.20. The zero-order valence-electron chi connectivity index (χ0n) is 25.0. The average Bonchev–Trinajstić information content (AvgIpc) is 3.51. The Morgan fingerprint density at radius 2 is 0.913 bits per heavy atom. The fourth-order valence-corrected chi connectivity index (χ4v) is 6.60. The van der Waals surface area contributed by atoms with Crippen molar-refractivity contribution in [1.29, 1.82) is 0 Å². The molecule has 0 spiro atoms. The Balaban J connectivity index is 1.17. The van der Waals surface area contributed by atoms with Crippen LogP contribution in [-0.2, 0) is 0 Å². The summed E-state index contributed by atoms with van der Waals surface area (Å²) in [6.07, 6.45) is 3.75. The van der Waals surface area contributed by atoms with Crippen molar-refractivity contribution < 1.29 is 4.42 Å². The van der Waals surface area contributed by atoms with E-state index < -0.39 is 0 Å². The number of fused-ring (bicyclic) bond motifs is 5. The summed E-state index contributed by atoms with van der Waals surface area (Å²) in [5, 5.41) is 7.08. The molecule has 0 N–H and O–H groups in total. The minimum atomic E-state index is 0.768. The zero-order valence-corrected chi connectivity index (χ0v) is 25.0. The molecule has 2 aromatic heterocycles. The first-order valence-corrected chi connectivity index (χ1v) is 15.5. The number of benzene rings is 7. The van der Waals surface area contributed by atoms with Crippen molar-refractivity contribution in [3.8, 4) is 22.3 Å². The Morgan fingerprint density at radius 1 is 0.413 bits per heavy atom. The van der Waals surface area contributed by atoms with E-state index in [1.54, 1.807) is 0 Å².